The number of hydrogen-bond acceptors (Lipinski definition) is 5. The number of nitrogens with zero attached hydrogens (tertiary/aromatic N) is 3. The van der Waals surface area contributed by atoms with E-state index >= 15 is 0 Å². The molecule has 2 aliphatic heterocycles. The van der Waals surface area contributed by atoms with Crippen molar-refractivity contribution in [3.8, 4) is 0 Å². The Hall–Kier alpha value is -0.456. The van der Waals surface area contributed by atoms with Crippen molar-refractivity contribution in [3.63, 3.8) is 0 Å². The van der Waals surface area contributed by atoms with E-state index in [0.717, 1.165) is 11.4 Å². The molecule has 2 aliphatic rings. The first-order valence-electron chi connectivity index (χ1n) is 8.67. The Morgan fingerprint density at radius 1 is 0.786 bits per heavy atom. The number of ether oxygens (including phenoxy) is 2. The van der Waals surface area contributed by atoms with Gasteiger partial charge in [0.1, 0.15) is 24.6 Å². The Labute approximate surface area is 198 Å². The summed E-state index contributed by atoms with van der Waals surface area (Å²) >= 11 is 0. The van der Waals surface area contributed by atoms with E-state index < -0.39 is 0 Å². The summed E-state index contributed by atoms with van der Waals surface area (Å²) in [6.45, 7) is 14.1. The van der Waals surface area contributed by atoms with E-state index in [1.165, 1.54) is 0 Å². The van der Waals surface area contributed by atoms with Crippen LogP contribution in [0.25, 0.3) is 0 Å². The van der Waals surface area contributed by atoms with Crippen molar-refractivity contribution in [2.45, 2.75) is 52.6 Å². The van der Waals surface area contributed by atoms with Crippen LogP contribution in [-0.2, 0) is 28.0 Å². The van der Waals surface area contributed by atoms with Crippen molar-refractivity contribution >= 4 is 11.8 Å². The Kier molecular flexibility index (Phi) is 11.8. The number of aromatic nitrogens is 1. The molecule has 5 nitrogen and oxygen atoms in total. The fraction of sp³-hybridized carbons (Fsp3) is 0.632. The van der Waals surface area contributed by atoms with Gasteiger partial charge in [0.2, 0.25) is 11.8 Å². The van der Waals surface area contributed by atoms with Crippen molar-refractivity contribution < 1.29 is 65.3 Å². The molecular formula is C19H27Cl3N3O2V-3. The summed E-state index contributed by atoms with van der Waals surface area (Å²) in [6.07, 6.45) is 0. The Bertz CT molecular complexity index is 660. The van der Waals surface area contributed by atoms with Crippen LogP contribution in [0, 0.1) is 11.8 Å². The first-order valence-corrected chi connectivity index (χ1v) is 8.67. The Morgan fingerprint density at radius 3 is 1.43 bits per heavy atom. The zero-order valence-electron chi connectivity index (χ0n) is 17.0. The second-order valence-corrected chi connectivity index (χ2v) is 7.84. The second kappa shape index (κ2) is 11.1. The smallest absolute Gasteiger partial charge is 0.236 e. The molecule has 1 aromatic heterocycles. The molecule has 0 saturated carbocycles. The van der Waals surface area contributed by atoms with Crippen LogP contribution < -0.4 is 37.2 Å². The van der Waals surface area contributed by atoms with E-state index in [1.807, 2.05) is 18.2 Å². The van der Waals surface area contributed by atoms with Gasteiger partial charge in [-0.05, 0) is 37.8 Å². The second-order valence-electron chi connectivity index (χ2n) is 7.84. The van der Waals surface area contributed by atoms with Crippen LogP contribution in [0.4, 0.5) is 0 Å². The number of pyridine rings is 1. The van der Waals surface area contributed by atoms with E-state index in [0.29, 0.717) is 36.8 Å². The average molecular weight is 487 g/mol. The molecule has 2 atom stereocenters. The molecule has 159 valence electrons. The van der Waals surface area contributed by atoms with E-state index in [2.05, 4.69) is 46.5 Å². The van der Waals surface area contributed by atoms with Gasteiger partial charge in [-0.25, -0.2) is 15.0 Å². The van der Waals surface area contributed by atoms with E-state index in [4.69, 9.17) is 19.5 Å². The maximum atomic E-state index is 5.82. The summed E-state index contributed by atoms with van der Waals surface area (Å²) in [4.78, 5) is 14.2. The van der Waals surface area contributed by atoms with Gasteiger partial charge in [-0.15, -0.1) is 0 Å². The third-order valence-corrected chi connectivity index (χ3v) is 5.39. The van der Waals surface area contributed by atoms with Gasteiger partial charge in [-0.3, -0.25) is 0 Å². The first-order chi connectivity index (χ1) is 11.2. The zero-order valence-corrected chi connectivity index (χ0v) is 20.7. The zero-order chi connectivity index (χ0) is 17.5. The normalized spacial score (nSPS) is 25.3. The largest absolute Gasteiger partial charge is 1.00 e. The van der Waals surface area contributed by atoms with Gasteiger partial charge in [0.15, 0.2) is 0 Å². The minimum absolute atomic E-state index is 0. The SMILES string of the molecule is CC(C)[C@]1(C)COC(c2cccc(C3=N[C@](C)(C(C)C)CO3)n2)=N1.[Cl-].[Cl-].[Cl-].[V]. The summed E-state index contributed by atoms with van der Waals surface area (Å²) in [7, 11) is 0. The Balaban J connectivity index is 0. The summed E-state index contributed by atoms with van der Waals surface area (Å²) in [5.74, 6) is 2.04. The molecule has 0 amide bonds. The molecule has 9 heteroatoms. The maximum absolute atomic E-state index is 5.82. The minimum atomic E-state index is -0.190. The number of halogens is 3. The molecule has 3 rings (SSSR count). The quantitative estimate of drug-likeness (QED) is 0.427. The Morgan fingerprint density at radius 2 is 1.14 bits per heavy atom. The molecule has 3 heterocycles. The molecule has 0 fully saturated rings. The van der Waals surface area contributed by atoms with Crippen LogP contribution in [0.15, 0.2) is 28.2 Å². The molecule has 0 aromatic carbocycles. The van der Waals surface area contributed by atoms with Crippen LogP contribution in [0.2, 0.25) is 0 Å². The third-order valence-electron chi connectivity index (χ3n) is 5.39. The average Bonchev–Trinajstić information content (AvgIpc) is 3.13. The molecule has 0 bridgehead atoms. The summed E-state index contributed by atoms with van der Waals surface area (Å²) in [5.41, 5.74) is 1.09. The van der Waals surface area contributed by atoms with E-state index in [-0.39, 0.29) is 66.9 Å². The fourth-order valence-electron chi connectivity index (χ4n) is 2.55. The van der Waals surface area contributed by atoms with Crippen molar-refractivity contribution in [3.05, 3.63) is 29.6 Å². The standard InChI is InChI=1S/C19H27N3O2.3ClH.V/c1-12(2)18(5)10-23-16(21-18)14-8-7-9-15(20-14)17-22-19(6,11-24-17)13(3)4;;;;/h7-9,12-13H,10-11H2,1-6H3;3*1H;/p-3/t18-,19-;;;;/m0..../s1. The van der Waals surface area contributed by atoms with Crippen molar-refractivity contribution in [2.75, 3.05) is 13.2 Å². The van der Waals surface area contributed by atoms with Crippen molar-refractivity contribution in [1.29, 1.82) is 0 Å². The van der Waals surface area contributed by atoms with Crippen LogP contribution in [0.1, 0.15) is 52.9 Å². The van der Waals surface area contributed by atoms with Gasteiger partial charge >= 0.3 is 0 Å². The molecule has 0 saturated heterocycles. The minimum Gasteiger partial charge on any atom is -1.00 e. The first kappa shape index (κ1) is 29.7. The molecule has 0 N–H and O–H groups in total. The van der Waals surface area contributed by atoms with Crippen LogP contribution in [-0.4, -0.2) is 41.1 Å². The van der Waals surface area contributed by atoms with Gasteiger partial charge in [0, 0.05) is 18.6 Å². The van der Waals surface area contributed by atoms with Crippen molar-refractivity contribution in [2.24, 2.45) is 21.8 Å². The van der Waals surface area contributed by atoms with Crippen molar-refractivity contribution in [1.82, 2.24) is 4.98 Å². The predicted molar refractivity (Wildman–Crippen MR) is 95.7 cm³/mol. The molecular weight excluding hydrogens is 460 g/mol. The van der Waals surface area contributed by atoms with Crippen LogP contribution >= 0.6 is 0 Å². The summed E-state index contributed by atoms with van der Waals surface area (Å²) < 4.78 is 11.6. The van der Waals surface area contributed by atoms with Gasteiger partial charge in [0.05, 0.1) is 11.1 Å². The molecule has 28 heavy (non-hydrogen) atoms. The van der Waals surface area contributed by atoms with E-state index in [1.54, 1.807) is 0 Å². The molecule has 0 aliphatic carbocycles. The third kappa shape index (κ3) is 5.79. The monoisotopic (exact) mass is 485 g/mol. The van der Waals surface area contributed by atoms with Crippen LogP contribution in [0.5, 0.6) is 0 Å². The fourth-order valence-corrected chi connectivity index (χ4v) is 2.55. The van der Waals surface area contributed by atoms with Gasteiger partial charge < -0.3 is 46.7 Å². The summed E-state index contributed by atoms with van der Waals surface area (Å²) in [6, 6.07) is 5.79. The number of aliphatic imine (C=N–C) groups is 2. The topological polar surface area (TPSA) is 56.1 Å². The predicted octanol–water partition coefficient (Wildman–Crippen LogP) is -5.53. The van der Waals surface area contributed by atoms with E-state index in [9.17, 15) is 0 Å². The molecule has 0 unspecified atom stereocenters. The number of hydrogen-bond donors (Lipinski definition) is 0. The van der Waals surface area contributed by atoms with Gasteiger partial charge in [-0.2, -0.15) is 0 Å². The molecule has 0 spiro atoms. The van der Waals surface area contributed by atoms with Gasteiger partial charge in [0.25, 0.3) is 0 Å². The molecule has 1 aromatic rings. The number of rotatable bonds is 4. The molecule has 1 radical (unpaired) electrons. The van der Waals surface area contributed by atoms with Crippen LogP contribution in [0.3, 0.4) is 0 Å². The summed E-state index contributed by atoms with van der Waals surface area (Å²) in [5, 5.41) is 0. The van der Waals surface area contributed by atoms with Gasteiger partial charge in [-0.1, -0.05) is 33.8 Å². The maximum Gasteiger partial charge on any atom is 0.236 e.